The summed E-state index contributed by atoms with van der Waals surface area (Å²) < 4.78 is 41.5. The molecule has 2 aliphatic heterocycles. The summed E-state index contributed by atoms with van der Waals surface area (Å²) in [7, 11) is 1.65. The first-order valence-electron chi connectivity index (χ1n) is 15.5. The summed E-state index contributed by atoms with van der Waals surface area (Å²) in [5.41, 5.74) is 1.46. The van der Waals surface area contributed by atoms with Crippen LogP contribution in [0.4, 0.5) is 18.9 Å². The van der Waals surface area contributed by atoms with Gasteiger partial charge >= 0.3 is 6.18 Å². The summed E-state index contributed by atoms with van der Waals surface area (Å²) in [5, 5.41) is 6.42. The Bertz CT molecular complexity index is 1280. The Morgan fingerprint density at radius 1 is 0.977 bits per heavy atom. The van der Waals surface area contributed by atoms with Gasteiger partial charge in [-0.15, -0.1) is 0 Å². The number of amides is 2. The van der Waals surface area contributed by atoms with E-state index < -0.39 is 17.8 Å². The highest BCUT2D eigenvalue weighted by Gasteiger charge is 2.42. The minimum Gasteiger partial charge on any atom is -0.368 e. The van der Waals surface area contributed by atoms with Gasteiger partial charge in [-0.25, -0.2) is 0 Å². The van der Waals surface area contributed by atoms with Crippen molar-refractivity contribution in [1.29, 1.82) is 0 Å². The molecule has 0 aliphatic carbocycles. The predicted octanol–water partition coefficient (Wildman–Crippen LogP) is 5.55. The second kappa shape index (κ2) is 14.5. The molecule has 11 heteroatoms. The second-order valence-electron chi connectivity index (χ2n) is 12.7. The van der Waals surface area contributed by atoms with Gasteiger partial charge in [0.1, 0.15) is 0 Å². The van der Waals surface area contributed by atoms with E-state index in [1.165, 1.54) is 12.1 Å². The van der Waals surface area contributed by atoms with Crippen molar-refractivity contribution in [3.63, 3.8) is 0 Å². The van der Waals surface area contributed by atoms with Crippen LogP contribution in [0.2, 0.25) is 5.02 Å². The second-order valence-corrected chi connectivity index (χ2v) is 13.1. The highest BCUT2D eigenvalue weighted by atomic mass is 35.5. The molecule has 242 valence electrons. The van der Waals surface area contributed by atoms with Crippen LogP contribution < -0.4 is 15.5 Å². The van der Waals surface area contributed by atoms with Crippen LogP contribution in [0.1, 0.15) is 62.8 Å². The van der Waals surface area contributed by atoms with Crippen molar-refractivity contribution in [2.45, 2.75) is 58.3 Å². The van der Waals surface area contributed by atoms with Gasteiger partial charge < -0.3 is 20.4 Å². The average molecular weight is 636 g/mol. The van der Waals surface area contributed by atoms with E-state index >= 15 is 0 Å². The first kappa shape index (κ1) is 34.1. The minimum atomic E-state index is -4.51. The molecular weight excluding hydrogens is 591 g/mol. The monoisotopic (exact) mass is 635 g/mol. The number of hydrogen-bond donors (Lipinski definition) is 2. The van der Waals surface area contributed by atoms with Gasteiger partial charge in [0, 0.05) is 61.9 Å². The maximum Gasteiger partial charge on any atom is 0.416 e. The fourth-order valence-corrected chi connectivity index (χ4v) is 6.52. The number of halogens is 4. The Hall–Kier alpha value is -2.82. The van der Waals surface area contributed by atoms with Crippen LogP contribution in [0.3, 0.4) is 0 Å². The van der Waals surface area contributed by atoms with Crippen molar-refractivity contribution in [1.82, 2.24) is 20.4 Å². The summed E-state index contributed by atoms with van der Waals surface area (Å²) >= 11 is 6.14. The summed E-state index contributed by atoms with van der Waals surface area (Å²) in [6.07, 6.45) is -4.02. The van der Waals surface area contributed by atoms with Gasteiger partial charge in [-0.3, -0.25) is 14.5 Å². The Balaban J connectivity index is 1.56. The van der Waals surface area contributed by atoms with E-state index in [9.17, 15) is 22.8 Å². The van der Waals surface area contributed by atoms with Gasteiger partial charge in [0.05, 0.1) is 24.1 Å². The Morgan fingerprint density at radius 3 is 2.20 bits per heavy atom. The highest BCUT2D eigenvalue weighted by molar-refractivity contribution is 6.30. The van der Waals surface area contributed by atoms with Gasteiger partial charge in [0.15, 0.2) is 0 Å². The number of carbonyl (C=O) groups excluding carboxylic acids is 2. The summed E-state index contributed by atoms with van der Waals surface area (Å²) in [6, 6.07) is 11.3. The van der Waals surface area contributed by atoms with Crippen LogP contribution >= 0.6 is 11.6 Å². The smallest absolute Gasteiger partial charge is 0.368 e. The number of benzene rings is 2. The minimum absolute atomic E-state index is 0.0553. The van der Waals surface area contributed by atoms with E-state index in [1.54, 1.807) is 7.05 Å². The molecule has 0 unspecified atom stereocenters. The van der Waals surface area contributed by atoms with Crippen LogP contribution in [0, 0.1) is 11.8 Å². The van der Waals surface area contributed by atoms with Gasteiger partial charge in [0.2, 0.25) is 11.8 Å². The molecule has 2 fully saturated rings. The molecule has 2 aliphatic rings. The zero-order valence-corrected chi connectivity index (χ0v) is 27.0. The number of carbonyl (C=O) groups is 2. The van der Waals surface area contributed by atoms with Crippen molar-refractivity contribution in [3.05, 3.63) is 64.2 Å². The lowest BCUT2D eigenvalue weighted by Crippen LogP contribution is -2.51. The molecule has 2 N–H and O–H groups in total. The maximum absolute atomic E-state index is 14.0. The lowest BCUT2D eigenvalue weighted by Gasteiger charge is -2.39. The molecule has 2 aromatic carbocycles. The molecule has 3 atom stereocenters. The lowest BCUT2D eigenvalue weighted by molar-refractivity contribution is -0.138. The molecule has 2 saturated heterocycles. The molecule has 0 bridgehead atoms. The number of nitrogens with zero attached hydrogens (tertiary/aromatic N) is 3. The number of rotatable bonds is 10. The van der Waals surface area contributed by atoms with Crippen molar-refractivity contribution < 1.29 is 22.8 Å². The van der Waals surface area contributed by atoms with E-state index in [0.29, 0.717) is 61.5 Å². The van der Waals surface area contributed by atoms with Gasteiger partial charge in [-0.1, -0.05) is 37.6 Å². The fourth-order valence-electron chi connectivity index (χ4n) is 6.39. The average Bonchev–Trinajstić information content (AvgIpc) is 3.42. The Labute approximate surface area is 264 Å². The molecule has 7 nitrogen and oxygen atoms in total. The first-order valence-corrected chi connectivity index (χ1v) is 15.8. The molecule has 2 heterocycles. The van der Waals surface area contributed by atoms with Crippen LogP contribution in [0.25, 0.3) is 0 Å². The van der Waals surface area contributed by atoms with E-state index in [2.05, 4.69) is 29.4 Å². The number of likely N-dealkylation sites (tertiary alicyclic amines) is 1. The number of nitrogens with one attached hydrogen (secondary N) is 2. The van der Waals surface area contributed by atoms with Crippen LogP contribution in [-0.4, -0.2) is 80.5 Å². The third-order valence-corrected chi connectivity index (χ3v) is 8.99. The molecule has 0 aromatic heterocycles. The maximum atomic E-state index is 14.0. The molecule has 4 rings (SSSR count). The third-order valence-electron chi connectivity index (χ3n) is 8.74. The number of anilines is 1. The Kier molecular flexibility index (Phi) is 11.2. The van der Waals surface area contributed by atoms with Crippen molar-refractivity contribution in [2.75, 3.05) is 57.8 Å². The van der Waals surface area contributed by atoms with Gasteiger partial charge in [-0.05, 0) is 74.7 Å². The van der Waals surface area contributed by atoms with E-state index in [0.717, 1.165) is 18.2 Å². The quantitative estimate of drug-likeness (QED) is 0.358. The largest absolute Gasteiger partial charge is 0.416 e. The van der Waals surface area contributed by atoms with Crippen LogP contribution in [0.5, 0.6) is 0 Å². The molecule has 44 heavy (non-hydrogen) atoms. The normalized spacial score (nSPS) is 20.4. The zero-order chi connectivity index (χ0) is 32.2. The van der Waals surface area contributed by atoms with Crippen molar-refractivity contribution in [2.24, 2.45) is 11.8 Å². The molecule has 2 aromatic rings. The van der Waals surface area contributed by atoms with E-state index in [-0.39, 0.29) is 36.1 Å². The fraction of sp³-hybridized carbons (Fsp3) is 0.576. The lowest BCUT2D eigenvalue weighted by atomic mass is 9.88. The number of likely N-dealkylation sites (N-methyl/N-ethyl adjacent to an activating group) is 1. The molecule has 0 saturated carbocycles. The molecule has 0 spiro atoms. The molecular formula is C33H45ClF3N5O2. The van der Waals surface area contributed by atoms with Crippen molar-refractivity contribution in [3.8, 4) is 0 Å². The third kappa shape index (κ3) is 8.25. The Morgan fingerprint density at radius 2 is 1.64 bits per heavy atom. The zero-order valence-electron chi connectivity index (χ0n) is 26.3. The predicted molar refractivity (Wildman–Crippen MR) is 169 cm³/mol. The molecule has 2 amide bonds. The van der Waals surface area contributed by atoms with E-state index in [1.807, 2.05) is 47.9 Å². The van der Waals surface area contributed by atoms with Crippen molar-refractivity contribution >= 4 is 29.1 Å². The SMILES string of the molecule is CNCC(=O)N[C@@H](CC(C)C)c1cc(C(F)(F)F)ccc1N1CCN(C(=O)[C@@H]2CN(C(C)C)C[C@H]2c2ccc(Cl)cc2)CC1. The first-order chi connectivity index (χ1) is 20.8. The highest BCUT2D eigenvalue weighted by Crippen LogP contribution is 2.39. The standard InChI is InChI=1S/C33H45ClF3N5O2/c1-21(2)16-29(39-31(43)18-38-5)26-17-24(33(35,36)37)8-11-30(26)40-12-14-41(15-13-40)32(44)28-20-42(22(3)4)19-27(28)23-6-9-25(34)10-7-23/h6-11,17,21-22,27-29,38H,12-16,18-20H2,1-5H3,(H,39,43)/t27-,28+,29-/m0/s1. The topological polar surface area (TPSA) is 67.9 Å². The van der Waals surface area contributed by atoms with Crippen LogP contribution in [0.15, 0.2) is 42.5 Å². The van der Waals surface area contributed by atoms with E-state index in [4.69, 9.17) is 11.6 Å². The summed E-state index contributed by atoms with van der Waals surface area (Å²) in [4.78, 5) is 32.8. The number of hydrogen-bond acceptors (Lipinski definition) is 5. The summed E-state index contributed by atoms with van der Waals surface area (Å²) in [6.45, 7) is 11.7. The number of piperazine rings is 1. The summed E-state index contributed by atoms with van der Waals surface area (Å²) in [5.74, 6) is -0.168. The number of alkyl halides is 3. The molecule has 0 radical (unpaired) electrons. The van der Waals surface area contributed by atoms with Crippen LogP contribution in [-0.2, 0) is 15.8 Å². The van der Waals surface area contributed by atoms with Gasteiger partial charge in [-0.2, -0.15) is 13.2 Å². The van der Waals surface area contributed by atoms with Gasteiger partial charge in [0.25, 0.3) is 0 Å².